The fourth-order valence-corrected chi connectivity index (χ4v) is 10.1. The molecule has 1 aliphatic carbocycles. The molecule has 2 bridgehead atoms. The number of hydrogen-bond acceptors (Lipinski definition) is 12. The number of Topliss-reactive ketones (excluding diaryl/α,β-unsaturated/α-hetero) is 3. The van der Waals surface area contributed by atoms with E-state index in [9.17, 15) is 34.2 Å². The van der Waals surface area contributed by atoms with E-state index in [1.54, 1.807) is 34.1 Å². The molecule has 0 aromatic rings. The third-order valence-corrected chi connectivity index (χ3v) is 14.3. The normalized spacial score (nSPS) is 38.4. The Morgan fingerprint density at radius 1 is 0.828 bits per heavy atom. The number of ether oxygens (including phenoxy) is 5. The van der Waals surface area contributed by atoms with Crippen molar-refractivity contribution < 1.29 is 57.9 Å². The number of fused-ring (bicyclic) bond motifs is 3. The molecule has 3 aliphatic heterocycles. The highest BCUT2D eigenvalue weighted by Crippen LogP contribution is 2.35. The molecule has 0 radical (unpaired) electrons. The maximum atomic E-state index is 14.3. The summed E-state index contributed by atoms with van der Waals surface area (Å²) in [6.45, 7) is 13.3. The predicted octanol–water partition coefficient (Wildman–Crippen LogP) is 6.86. The number of methoxy groups -OCH3 is 3. The summed E-state index contributed by atoms with van der Waals surface area (Å²) in [4.78, 5) is 71.8. The SMILES string of the molecule is CO[C@H]1C[C@@H]2CC[C@@H](C)[C@@H](O2)C(=O)C(=O)N2CCCC[C@H]2C(=O)O[C@H]([C@H](C)C[C@@H]2CC[C@@H](O)[C@H](OC)C2)CC(=O)[C@H](C)/C=C(\C)[C@@H](O)[C@@H](OC)C(=O)[C@H](C)C[C@H](C)/C=C/C=CC=C1C. The molecule has 2 N–H and O–H groups in total. The third kappa shape index (κ3) is 14.6. The van der Waals surface area contributed by atoms with Gasteiger partial charge in [0.2, 0.25) is 5.78 Å². The summed E-state index contributed by atoms with van der Waals surface area (Å²) in [5, 5.41) is 21.9. The molecule has 3 fully saturated rings. The van der Waals surface area contributed by atoms with E-state index in [-0.39, 0.29) is 66.5 Å². The number of amides is 1. The molecule has 15 atom stereocenters. The van der Waals surface area contributed by atoms with Gasteiger partial charge in [-0.3, -0.25) is 19.2 Å². The molecular formula is C51H79NO12. The molecule has 13 nitrogen and oxygen atoms in total. The minimum Gasteiger partial charge on any atom is -0.460 e. The number of esters is 1. The van der Waals surface area contributed by atoms with Crippen LogP contribution in [-0.4, -0.2) is 127 Å². The van der Waals surface area contributed by atoms with Gasteiger partial charge >= 0.3 is 5.97 Å². The first-order valence-corrected chi connectivity index (χ1v) is 23.8. The lowest BCUT2D eigenvalue weighted by Gasteiger charge is -2.39. The van der Waals surface area contributed by atoms with Crippen LogP contribution < -0.4 is 0 Å². The van der Waals surface area contributed by atoms with Crippen LogP contribution in [0.15, 0.2) is 47.6 Å². The average Bonchev–Trinajstić information content (AvgIpc) is 3.27. The highest BCUT2D eigenvalue weighted by Gasteiger charge is 2.44. The minimum absolute atomic E-state index is 0.0463. The topological polar surface area (TPSA) is 175 Å². The molecule has 0 aromatic heterocycles. The van der Waals surface area contributed by atoms with Gasteiger partial charge in [-0.15, -0.1) is 0 Å². The van der Waals surface area contributed by atoms with E-state index in [0.717, 1.165) is 12.0 Å². The molecule has 13 heteroatoms. The van der Waals surface area contributed by atoms with E-state index in [0.29, 0.717) is 69.8 Å². The zero-order valence-electron chi connectivity index (χ0n) is 40.2. The van der Waals surface area contributed by atoms with E-state index in [1.807, 2.05) is 65.0 Å². The number of aliphatic hydroxyl groups excluding tert-OH is 2. The number of cyclic esters (lactones) is 1. The van der Waals surface area contributed by atoms with Gasteiger partial charge in [0.1, 0.15) is 36.2 Å². The minimum atomic E-state index is -1.29. The summed E-state index contributed by atoms with van der Waals surface area (Å²) < 4.78 is 29.7. The number of allylic oxidation sites excluding steroid dienone is 6. The Bertz CT molecular complexity index is 1700. The first kappa shape index (κ1) is 53.3. The fraction of sp³-hybridized carbons (Fsp3) is 0.745. The van der Waals surface area contributed by atoms with E-state index in [4.69, 9.17) is 23.7 Å². The monoisotopic (exact) mass is 898 g/mol. The van der Waals surface area contributed by atoms with Gasteiger partial charge in [0.05, 0.1) is 24.4 Å². The maximum Gasteiger partial charge on any atom is 0.329 e. The van der Waals surface area contributed by atoms with Gasteiger partial charge in [0, 0.05) is 52.6 Å². The molecule has 1 amide bonds. The summed E-state index contributed by atoms with van der Waals surface area (Å²) in [5.41, 5.74) is 1.37. The van der Waals surface area contributed by atoms with Gasteiger partial charge in [0.15, 0.2) is 5.78 Å². The van der Waals surface area contributed by atoms with Crippen molar-refractivity contribution in [1.29, 1.82) is 0 Å². The Kier molecular flexibility index (Phi) is 21.3. The third-order valence-electron chi connectivity index (χ3n) is 14.3. The molecule has 0 spiro atoms. The number of carbonyl (C=O) groups excluding carboxylic acids is 5. The Balaban J connectivity index is 1.68. The van der Waals surface area contributed by atoms with Crippen molar-refractivity contribution in [3.8, 4) is 0 Å². The summed E-state index contributed by atoms with van der Waals surface area (Å²) in [5.74, 6) is -4.02. The van der Waals surface area contributed by atoms with Crippen molar-refractivity contribution in [3.63, 3.8) is 0 Å². The highest BCUT2D eigenvalue weighted by atomic mass is 16.5. The second kappa shape index (κ2) is 25.5. The summed E-state index contributed by atoms with van der Waals surface area (Å²) in [7, 11) is 4.61. The molecule has 4 rings (SSSR count). The highest BCUT2D eigenvalue weighted by molar-refractivity contribution is 6.38. The zero-order chi connectivity index (χ0) is 47.2. The van der Waals surface area contributed by atoms with Crippen LogP contribution in [0.4, 0.5) is 0 Å². The summed E-state index contributed by atoms with van der Waals surface area (Å²) in [6.07, 6.45) is 12.0. The number of nitrogens with zero attached hydrogens (tertiary/aromatic N) is 1. The zero-order valence-corrected chi connectivity index (χ0v) is 40.2. The first-order chi connectivity index (χ1) is 30.4. The second-order valence-electron chi connectivity index (χ2n) is 19.4. The smallest absolute Gasteiger partial charge is 0.329 e. The summed E-state index contributed by atoms with van der Waals surface area (Å²) in [6, 6.07) is -1.01. The Hall–Kier alpha value is -3.33. The number of carbonyl (C=O) groups is 5. The molecule has 64 heavy (non-hydrogen) atoms. The lowest BCUT2D eigenvalue weighted by molar-refractivity contribution is -0.170. The van der Waals surface area contributed by atoms with Crippen molar-refractivity contribution in [3.05, 3.63) is 47.6 Å². The Morgan fingerprint density at radius 3 is 2.25 bits per heavy atom. The van der Waals surface area contributed by atoms with Crippen LogP contribution in [0.25, 0.3) is 0 Å². The van der Waals surface area contributed by atoms with Crippen molar-refractivity contribution in [2.45, 2.75) is 180 Å². The van der Waals surface area contributed by atoms with Crippen LogP contribution in [0.3, 0.4) is 0 Å². The number of ketones is 3. The predicted molar refractivity (Wildman–Crippen MR) is 244 cm³/mol. The van der Waals surface area contributed by atoms with Crippen molar-refractivity contribution >= 4 is 29.2 Å². The lowest BCUT2D eigenvalue weighted by atomic mass is 9.78. The fourth-order valence-electron chi connectivity index (χ4n) is 10.1. The molecule has 360 valence electrons. The molecule has 0 unspecified atom stereocenters. The van der Waals surface area contributed by atoms with Crippen molar-refractivity contribution in [2.24, 2.45) is 35.5 Å². The maximum absolute atomic E-state index is 14.3. The van der Waals surface area contributed by atoms with E-state index in [2.05, 4.69) is 0 Å². The van der Waals surface area contributed by atoms with Gasteiger partial charge in [-0.05, 0) is 113 Å². The molecule has 0 aromatic carbocycles. The molecular weight excluding hydrogens is 819 g/mol. The average molecular weight is 898 g/mol. The van der Waals surface area contributed by atoms with Crippen LogP contribution in [-0.2, 0) is 47.7 Å². The molecule has 1 saturated carbocycles. The van der Waals surface area contributed by atoms with E-state index < -0.39 is 66.1 Å². The van der Waals surface area contributed by atoms with Crippen molar-refractivity contribution in [2.75, 3.05) is 27.9 Å². The molecule has 4 aliphatic rings. The number of hydrogen-bond donors (Lipinski definition) is 2. The second-order valence-corrected chi connectivity index (χ2v) is 19.4. The van der Waals surface area contributed by atoms with Crippen LogP contribution in [0, 0.1) is 35.5 Å². The largest absolute Gasteiger partial charge is 0.460 e. The Morgan fingerprint density at radius 2 is 1.56 bits per heavy atom. The van der Waals surface area contributed by atoms with Crippen molar-refractivity contribution in [1.82, 2.24) is 4.90 Å². The Labute approximate surface area is 382 Å². The number of rotatable bonds is 6. The summed E-state index contributed by atoms with van der Waals surface area (Å²) >= 11 is 0. The number of piperidine rings is 1. The standard InChI is InChI=1S/C51H79NO12/c1-30-16-12-11-13-17-31(2)42(60-8)28-38-21-19-32(3)48(63-38)47(57)50(58)52-23-15-14-18-39(52)51(59)64-43(34(5)26-37-20-22-40(53)44(27-37)61-9)29-41(54)33(4)25-36(7)46(56)49(62-10)45(55)35(6)24-30/h11-13,16-17,25,30,32-35,37-40,42-44,46,48-49,53,56H,14-15,18-24,26-29H2,1-10H3/b13-11?,16-12+,31-17?,36-25+/t30-,32-,33-,34-,35-,37+,38+,39+,40-,42+,43+,44-,46-,48-,49+/m1/s1. The van der Waals surface area contributed by atoms with Gasteiger partial charge in [-0.2, -0.15) is 0 Å². The lowest BCUT2D eigenvalue weighted by Crippen LogP contribution is -2.55. The van der Waals surface area contributed by atoms with Crippen LogP contribution >= 0.6 is 0 Å². The van der Waals surface area contributed by atoms with Gasteiger partial charge < -0.3 is 38.8 Å². The molecule has 3 heterocycles. The van der Waals surface area contributed by atoms with E-state index in [1.165, 1.54) is 12.0 Å². The van der Waals surface area contributed by atoms with Gasteiger partial charge in [0.25, 0.3) is 5.91 Å². The van der Waals surface area contributed by atoms with E-state index >= 15 is 0 Å². The van der Waals surface area contributed by atoms with Crippen LogP contribution in [0.2, 0.25) is 0 Å². The number of aliphatic hydroxyl groups is 2. The first-order valence-electron chi connectivity index (χ1n) is 23.8. The van der Waals surface area contributed by atoms with Gasteiger partial charge in [-0.25, -0.2) is 4.79 Å². The van der Waals surface area contributed by atoms with Gasteiger partial charge in [-0.1, -0.05) is 71.1 Å². The van der Waals surface area contributed by atoms with Crippen LogP contribution in [0.1, 0.15) is 126 Å². The van der Waals surface area contributed by atoms with Crippen LogP contribution in [0.5, 0.6) is 0 Å². The quantitative estimate of drug-likeness (QED) is 0.161. The molecule has 2 saturated heterocycles.